The zero-order valence-corrected chi connectivity index (χ0v) is 15.1. The molecule has 0 unspecified atom stereocenters. The van der Waals surface area contributed by atoms with Crippen molar-refractivity contribution in [3.63, 3.8) is 0 Å². The van der Waals surface area contributed by atoms with E-state index in [-0.39, 0.29) is 23.5 Å². The van der Waals surface area contributed by atoms with Gasteiger partial charge in [0.15, 0.2) is 0 Å². The number of hydrogen-bond acceptors (Lipinski definition) is 2. The van der Waals surface area contributed by atoms with E-state index in [4.69, 9.17) is 0 Å². The first-order chi connectivity index (χ1) is 12.4. The van der Waals surface area contributed by atoms with Crippen LogP contribution in [0.25, 0.3) is 0 Å². The Morgan fingerprint density at radius 2 is 1.73 bits per heavy atom. The largest absolute Gasteiger partial charge is 0.338 e. The van der Waals surface area contributed by atoms with Gasteiger partial charge in [0.25, 0.3) is 5.91 Å². The molecule has 1 saturated heterocycles. The fourth-order valence-corrected chi connectivity index (χ4v) is 3.43. The Hall–Kier alpha value is -2.69. The highest BCUT2D eigenvalue weighted by Gasteiger charge is 2.29. The van der Waals surface area contributed by atoms with Crippen molar-refractivity contribution in [2.24, 2.45) is 5.92 Å². The number of nitrogens with one attached hydrogen (secondary N) is 1. The van der Waals surface area contributed by atoms with E-state index >= 15 is 0 Å². The van der Waals surface area contributed by atoms with Gasteiger partial charge in [-0.15, -0.1) is 0 Å². The Morgan fingerprint density at radius 3 is 2.38 bits per heavy atom. The summed E-state index contributed by atoms with van der Waals surface area (Å²) < 4.78 is 13.0. The van der Waals surface area contributed by atoms with Crippen molar-refractivity contribution in [1.29, 1.82) is 0 Å². The predicted molar refractivity (Wildman–Crippen MR) is 99.6 cm³/mol. The first kappa shape index (κ1) is 18.1. The zero-order valence-electron chi connectivity index (χ0n) is 15.1. The summed E-state index contributed by atoms with van der Waals surface area (Å²) in [5.74, 6) is -0.764. The van der Waals surface area contributed by atoms with Gasteiger partial charge < -0.3 is 10.2 Å². The summed E-state index contributed by atoms with van der Waals surface area (Å²) in [6.07, 6.45) is 1.53. The van der Waals surface area contributed by atoms with Crippen molar-refractivity contribution in [3.05, 3.63) is 65.0 Å². The molecule has 2 aromatic carbocycles. The molecule has 2 aromatic rings. The second-order valence-corrected chi connectivity index (χ2v) is 6.96. The predicted octanol–water partition coefficient (Wildman–Crippen LogP) is 3.93. The van der Waals surface area contributed by atoms with Crippen LogP contribution in [0.4, 0.5) is 10.1 Å². The van der Waals surface area contributed by atoms with Crippen LogP contribution in [0.3, 0.4) is 0 Å². The summed E-state index contributed by atoms with van der Waals surface area (Å²) in [6, 6.07) is 11.5. The van der Waals surface area contributed by atoms with Gasteiger partial charge in [-0.2, -0.15) is 0 Å². The van der Waals surface area contributed by atoms with Crippen LogP contribution in [0.5, 0.6) is 0 Å². The van der Waals surface area contributed by atoms with E-state index in [2.05, 4.69) is 5.32 Å². The number of amides is 2. The van der Waals surface area contributed by atoms with Crippen LogP contribution in [-0.2, 0) is 4.79 Å². The van der Waals surface area contributed by atoms with Crippen molar-refractivity contribution in [2.75, 3.05) is 18.4 Å². The second kappa shape index (κ2) is 7.68. The quantitative estimate of drug-likeness (QED) is 0.908. The van der Waals surface area contributed by atoms with Gasteiger partial charge in [0, 0.05) is 24.3 Å². The van der Waals surface area contributed by atoms with E-state index in [0.29, 0.717) is 24.3 Å². The number of nitrogens with zero attached hydrogens (tertiary/aromatic N) is 1. The average Bonchev–Trinajstić information content (AvgIpc) is 2.62. The molecule has 1 heterocycles. The Balaban J connectivity index is 1.67. The number of halogens is 1. The van der Waals surface area contributed by atoms with Gasteiger partial charge in [-0.1, -0.05) is 17.2 Å². The molecular weight excluding hydrogens is 331 g/mol. The summed E-state index contributed by atoms with van der Waals surface area (Å²) in [7, 11) is 0. The maximum Gasteiger partial charge on any atom is 0.253 e. The van der Waals surface area contributed by atoms with Gasteiger partial charge >= 0.3 is 0 Å². The van der Waals surface area contributed by atoms with E-state index in [1.165, 1.54) is 24.3 Å². The van der Waals surface area contributed by atoms with Crippen molar-refractivity contribution in [1.82, 2.24) is 4.90 Å². The van der Waals surface area contributed by atoms with Crippen LogP contribution in [-0.4, -0.2) is 29.8 Å². The third-order valence-electron chi connectivity index (χ3n) is 4.66. The smallest absolute Gasteiger partial charge is 0.253 e. The molecule has 0 radical (unpaired) electrons. The van der Waals surface area contributed by atoms with Gasteiger partial charge in [-0.05, 0) is 63.1 Å². The SMILES string of the molecule is Cc1cc(C)cc(C(=O)N2CCC[C@H](C(=O)Nc3ccc(F)cc3)C2)c1. The fraction of sp³-hybridized carbons (Fsp3) is 0.333. The number of anilines is 1. The van der Waals surface area contributed by atoms with Crippen molar-refractivity contribution < 1.29 is 14.0 Å². The number of likely N-dealkylation sites (tertiary alicyclic amines) is 1. The molecular formula is C21H23FN2O2. The van der Waals surface area contributed by atoms with Gasteiger partial charge in [0.1, 0.15) is 5.82 Å². The summed E-state index contributed by atoms with van der Waals surface area (Å²) >= 11 is 0. The minimum absolute atomic E-state index is 0.0314. The summed E-state index contributed by atoms with van der Waals surface area (Å²) in [5.41, 5.74) is 3.34. The number of aryl methyl sites for hydroxylation is 2. The minimum Gasteiger partial charge on any atom is -0.338 e. The lowest BCUT2D eigenvalue weighted by atomic mass is 9.96. The molecule has 1 atom stereocenters. The fourth-order valence-electron chi connectivity index (χ4n) is 3.43. The normalized spacial score (nSPS) is 17.0. The molecule has 1 fully saturated rings. The number of benzene rings is 2. The molecule has 2 amide bonds. The standard InChI is InChI=1S/C21H23FN2O2/c1-14-10-15(2)12-17(11-14)21(26)24-9-3-4-16(13-24)20(25)23-19-7-5-18(22)6-8-19/h5-8,10-12,16H,3-4,9,13H2,1-2H3,(H,23,25)/t16-/m0/s1. The highest BCUT2D eigenvalue weighted by atomic mass is 19.1. The maximum atomic E-state index is 13.0. The van der Waals surface area contributed by atoms with Crippen LogP contribution in [0.2, 0.25) is 0 Å². The molecule has 0 saturated carbocycles. The van der Waals surface area contributed by atoms with Crippen molar-refractivity contribution >= 4 is 17.5 Å². The van der Waals surface area contributed by atoms with Crippen molar-refractivity contribution in [2.45, 2.75) is 26.7 Å². The molecule has 5 heteroatoms. The Morgan fingerprint density at radius 1 is 1.08 bits per heavy atom. The third kappa shape index (κ3) is 4.28. The Kier molecular flexibility index (Phi) is 5.35. The van der Waals surface area contributed by atoms with E-state index in [1.807, 2.05) is 32.0 Å². The average molecular weight is 354 g/mol. The number of carbonyl (C=O) groups excluding carboxylic acids is 2. The number of piperidine rings is 1. The second-order valence-electron chi connectivity index (χ2n) is 6.96. The molecule has 1 aliphatic heterocycles. The maximum absolute atomic E-state index is 13.0. The highest BCUT2D eigenvalue weighted by Crippen LogP contribution is 2.21. The Bertz CT molecular complexity index is 797. The number of carbonyl (C=O) groups is 2. The van der Waals surface area contributed by atoms with Crippen LogP contribution >= 0.6 is 0 Å². The first-order valence-electron chi connectivity index (χ1n) is 8.86. The summed E-state index contributed by atoms with van der Waals surface area (Å²) in [5, 5.41) is 2.81. The monoisotopic (exact) mass is 354 g/mol. The minimum atomic E-state index is -0.342. The number of hydrogen-bond donors (Lipinski definition) is 1. The molecule has 0 aliphatic carbocycles. The van der Waals surface area contributed by atoms with E-state index < -0.39 is 0 Å². The zero-order chi connectivity index (χ0) is 18.7. The molecule has 26 heavy (non-hydrogen) atoms. The molecule has 3 rings (SSSR count). The lowest BCUT2D eigenvalue weighted by molar-refractivity contribution is -0.121. The highest BCUT2D eigenvalue weighted by molar-refractivity contribution is 5.96. The van der Waals surface area contributed by atoms with Crippen LogP contribution in [0.1, 0.15) is 34.3 Å². The lowest BCUT2D eigenvalue weighted by Crippen LogP contribution is -2.43. The summed E-state index contributed by atoms with van der Waals surface area (Å²) in [4.78, 5) is 27.1. The van der Waals surface area contributed by atoms with Crippen LogP contribution < -0.4 is 5.32 Å². The molecule has 0 aromatic heterocycles. The van der Waals surface area contributed by atoms with Crippen LogP contribution in [0.15, 0.2) is 42.5 Å². The van der Waals surface area contributed by atoms with Gasteiger partial charge in [0.05, 0.1) is 5.92 Å². The van der Waals surface area contributed by atoms with E-state index in [0.717, 1.165) is 24.0 Å². The molecule has 136 valence electrons. The van der Waals surface area contributed by atoms with E-state index in [9.17, 15) is 14.0 Å². The van der Waals surface area contributed by atoms with E-state index in [1.54, 1.807) is 4.90 Å². The van der Waals surface area contributed by atoms with Gasteiger partial charge in [-0.3, -0.25) is 9.59 Å². The van der Waals surface area contributed by atoms with Crippen molar-refractivity contribution in [3.8, 4) is 0 Å². The summed E-state index contributed by atoms with van der Waals surface area (Å²) in [6.45, 7) is 5.00. The third-order valence-corrected chi connectivity index (χ3v) is 4.66. The number of rotatable bonds is 3. The molecule has 0 spiro atoms. The molecule has 4 nitrogen and oxygen atoms in total. The first-order valence-corrected chi connectivity index (χ1v) is 8.86. The Labute approximate surface area is 153 Å². The molecule has 0 bridgehead atoms. The topological polar surface area (TPSA) is 49.4 Å². The molecule has 1 N–H and O–H groups in total. The lowest BCUT2D eigenvalue weighted by Gasteiger charge is -2.32. The van der Waals surface area contributed by atoms with Gasteiger partial charge in [0.2, 0.25) is 5.91 Å². The molecule has 1 aliphatic rings. The van der Waals surface area contributed by atoms with Crippen LogP contribution in [0, 0.1) is 25.6 Å². The van der Waals surface area contributed by atoms with Gasteiger partial charge in [-0.25, -0.2) is 4.39 Å².